The number of carbonyl (C=O) groups is 1. The van der Waals surface area contributed by atoms with Gasteiger partial charge in [-0.25, -0.2) is 15.0 Å². The highest BCUT2D eigenvalue weighted by atomic mass is 79.9. The van der Waals surface area contributed by atoms with Crippen LogP contribution in [-0.2, 0) is 4.79 Å². The number of anilines is 3. The van der Waals surface area contributed by atoms with Gasteiger partial charge in [-0.1, -0.05) is 18.5 Å². The van der Waals surface area contributed by atoms with E-state index in [0.29, 0.717) is 63.5 Å². The fourth-order valence-electron chi connectivity index (χ4n) is 4.13. The molecule has 3 heterocycles. The highest BCUT2D eigenvalue weighted by Crippen LogP contribution is 2.29. The van der Waals surface area contributed by atoms with Gasteiger partial charge in [0.1, 0.15) is 30.2 Å². The summed E-state index contributed by atoms with van der Waals surface area (Å²) in [4.78, 5) is 40.6. The second-order valence-electron chi connectivity index (χ2n) is 9.62. The van der Waals surface area contributed by atoms with E-state index < -0.39 is 4.92 Å². The van der Waals surface area contributed by atoms with E-state index in [0.717, 1.165) is 15.9 Å². The minimum atomic E-state index is -0.419. The van der Waals surface area contributed by atoms with Gasteiger partial charge < -0.3 is 25.2 Å². The standard InChI is InChI=1S/C26H26BrClN8O3/c1-4-17-10-16(26(33-17)35(38)39)14-36(2,3)9-5-6-24(37)34-23-12-19-22(13-29-23)30-15-31-25(19)32-18-7-8-20(27)21(28)11-18/h5-8,11-13,15H,4,9-10,14H2,1-3H3,(H-,29,30,31,32,34,37)/p+1/b6-5+. The van der Waals surface area contributed by atoms with Gasteiger partial charge in [-0.05, 0) is 56.2 Å². The lowest BCUT2D eigenvalue weighted by molar-refractivity contribution is -0.880. The maximum atomic E-state index is 12.6. The monoisotopic (exact) mass is 613 g/mol. The van der Waals surface area contributed by atoms with Gasteiger partial charge >= 0.3 is 5.82 Å². The largest absolute Gasteiger partial charge is 0.368 e. The van der Waals surface area contributed by atoms with Crippen LogP contribution in [-0.4, -0.2) is 63.2 Å². The number of amides is 1. The average Bonchev–Trinajstić information content (AvgIpc) is 3.29. The van der Waals surface area contributed by atoms with Crippen molar-refractivity contribution in [3.63, 3.8) is 0 Å². The zero-order valence-electron chi connectivity index (χ0n) is 21.6. The van der Waals surface area contributed by atoms with Gasteiger partial charge in [0.25, 0.3) is 0 Å². The molecule has 1 aromatic carbocycles. The number of fused-ring (bicyclic) bond motifs is 1. The number of quaternary nitrogens is 1. The lowest BCUT2D eigenvalue weighted by Crippen LogP contribution is -2.41. The van der Waals surface area contributed by atoms with E-state index in [4.69, 9.17) is 11.6 Å². The summed E-state index contributed by atoms with van der Waals surface area (Å²) in [5.41, 5.74) is 2.87. The van der Waals surface area contributed by atoms with Crippen molar-refractivity contribution in [2.75, 3.05) is 37.8 Å². The smallest absolute Gasteiger partial charge is 0.358 e. The van der Waals surface area contributed by atoms with E-state index in [-0.39, 0.29) is 11.7 Å². The first-order valence-corrected chi connectivity index (χ1v) is 13.3. The van der Waals surface area contributed by atoms with Crippen LogP contribution < -0.4 is 10.6 Å². The summed E-state index contributed by atoms with van der Waals surface area (Å²) in [5, 5.41) is 18.6. The minimum absolute atomic E-state index is 0.0526. The third-order valence-corrected chi connectivity index (χ3v) is 7.25. The van der Waals surface area contributed by atoms with Crippen molar-refractivity contribution in [2.24, 2.45) is 4.99 Å². The number of nitrogens with one attached hydrogen (secondary N) is 2. The van der Waals surface area contributed by atoms with E-state index in [2.05, 4.69) is 46.5 Å². The quantitative estimate of drug-likeness (QED) is 0.133. The van der Waals surface area contributed by atoms with Gasteiger partial charge in [-0.15, -0.1) is 0 Å². The van der Waals surface area contributed by atoms with Crippen LogP contribution in [0, 0.1) is 10.1 Å². The summed E-state index contributed by atoms with van der Waals surface area (Å²) >= 11 is 9.58. The number of benzene rings is 1. The van der Waals surface area contributed by atoms with Crippen LogP contribution in [0.15, 0.2) is 69.8 Å². The molecule has 4 rings (SSSR count). The Morgan fingerprint density at radius 1 is 1.26 bits per heavy atom. The van der Waals surface area contributed by atoms with Crippen LogP contribution in [0.4, 0.5) is 17.3 Å². The molecule has 0 bridgehead atoms. The van der Waals surface area contributed by atoms with E-state index in [1.54, 1.807) is 24.4 Å². The Labute approximate surface area is 238 Å². The van der Waals surface area contributed by atoms with Gasteiger partial charge in [0.2, 0.25) is 5.91 Å². The second-order valence-corrected chi connectivity index (χ2v) is 10.9. The first-order chi connectivity index (χ1) is 18.5. The summed E-state index contributed by atoms with van der Waals surface area (Å²) in [6.07, 6.45) is 7.36. The summed E-state index contributed by atoms with van der Waals surface area (Å²) < 4.78 is 1.21. The van der Waals surface area contributed by atoms with Gasteiger partial charge in [0, 0.05) is 34.5 Å². The summed E-state index contributed by atoms with van der Waals surface area (Å²) in [6, 6.07) is 7.15. The van der Waals surface area contributed by atoms with E-state index in [1.165, 1.54) is 12.4 Å². The number of hydrogen-bond donors (Lipinski definition) is 2. The predicted octanol–water partition coefficient (Wildman–Crippen LogP) is 5.50. The van der Waals surface area contributed by atoms with Crippen LogP contribution in [0.2, 0.25) is 5.02 Å². The van der Waals surface area contributed by atoms with Crippen molar-refractivity contribution >= 4 is 67.4 Å². The molecule has 0 saturated carbocycles. The molecule has 0 fully saturated rings. The number of nitrogens with zero attached hydrogens (tertiary/aromatic N) is 6. The zero-order valence-corrected chi connectivity index (χ0v) is 24.0. The SMILES string of the molecule is CCC1=NC([N+](=O)[O-])=C(C[N+](C)(C)C/C=C/C(=O)Nc2cc3c(Nc4ccc(Br)c(Cl)c4)ncnc3cn2)C1. The van der Waals surface area contributed by atoms with Crippen molar-refractivity contribution < 1.29 is 14.2 Å². The first-order valence-electron chi connectivity index (χ1n) is 12.1. The van der Waals surface area contributed by atoms with E-state index in [1.807, 2.05) is 33.2 Å². The van der Waals surface area contributed by atoms with Crippen LogP contribution in [0.3, 0.4) is 0 Å². The average molecular weight is 615 g/mol. The molecule has 39 heavy (non-hydrogen) atoms. The molecular formula is C26H27BrClN8O3+. The van der Waals surface area contributed by atoms with Crippen molar-refractivity contribution in [2.45, 2.75) is 19.8 Å². The third-order valence-electron chi connectivity index (χ3n) is 6.02. The Balaban J connectivity index is 1.41. The predicted molar refractivity (Wildman–Crippen MR) is 156 cm³/mol. The molecule has 0 spiro atoms. The number of halogens is 2. The van der Waals surface area contributed by atoms with Crippen molar-refractivity contribution in [3.05, 3.63) is 79.9 Å². The van der Waals surface area contributed by atoms with E-state index >= 15 is 0 Å². The maximum absolute atomic E-state index is 12.6. The Hall–Kier alpha value is -3.74. The Bertz CT molecular complexity index is 1540. The van der Waals surface area contributed by atoms with Gasteiger partial charge in [-0.2, -0.15) is 0 Å². The van der Waals surface area contributed by atoms with Crippen LogP contribution >= 0.6 is 27.5 Å². The fraction of sp³-hybridized carbons (Fsp3) is 0.269. The zero-order chi connectivity index (χ0) is 28.2. The molecule has 2 N–H and O–H groups in total. The summed E-state index contributed by atoms with van der Waals surface area (Å²) in [7, 11) is 3.91. The van der Waals surface area contributed by atoms with Gasteiger partial charge in [0.05, 0.1) is 42.9 Å². The molecular weight excluding hydrogens is 588 g/mol. The highest BCUT2D eigenvalue weighted by molar-refractivity contribution is 9.10. The lowest BCUT2D eigenvalue weighted by Gasteiger charge is -2.28. The molecule has 1 aliphatic rings. The van der Waals surface area contributed by atoms with Crippen LogP contribution in [0.25, 0.3) is 10.9 Å². The molecule has 1 amide bonds. The van der Waals surface area contributed by atoms with Gasteiger partial charge in [-0.3, -0.25) is 4.79 Å². The number of aliphatic imine (C=N–C) groups is 1. The molecule has 13 heteroatoms. The number of rotatable bonds is 10. The fourth-order valence-corrected chi connectivity index (χ4v) is 4.55. The molecule has 11 nitrogen and oxygen atoms in total. The topological polar surface area (TPSA) is 135 Å². The summed E-state index contributed by atoms with van der Waals surface area (Å²) in [6.45, 7) is 2.89. The van der Waals surface area contributed by atoms with Crippen LogP contribution in [0.5, 0.6) is 0 Å². The van der Waals surface area contributed by atoms with Crippen molar-refractivity contribution in [1.82, 2.24) is 15.0 Å². The third kappa shape index (κ3) is 7.22. The molecule has 0 saturated heterocycles. The molecule has 3 aromatic rings. The maximum Gasteiger partial charge on any atom is 0.368 e. The van der Waals surface area contributed by atoms with Crippen LogP contribution in [0.1, 0.15) is 19.8 Å². The molecule has 0 atom stereocenters. The number of likely N-dealkylation sites (N-methyl/N-ethyl adjacent to an activating group) is 1. The Morgan fingerprint density at radius 3 is 2.77 bits per heavy atom. The number of nitro groups is 1. The Kier molecular flexibility index (Phi) is 8.68. The molecule has 0 aliphatic carbocycles. The highest BCUT2D eigenvalue weighted by Gasteiger charge is 2.32. The molecule has 2 aromatic heterocycles. The normalized spacial score (nSPS) is 13.7. The number of pyridine rings is 1. The lowest BCUT2D eigenvalue weighted by atomic mass is 10.1. The molecule has 1 aliphatic heterocycles. The molecule has 202 valence electrons. The van der Waals surface area contributed by atoms with Gasteiger partial charge in [0.15, 0.2) is 0 Å². The second kappa shape index (κ2) is 12.0. The minimum Gasteiger partial charge on any atom is -0.358 e. The number of carbonyl (C=O) groups excluding carboxylic acids is 1. The summed E-state index contributed by atoms with van der Waals surface area (Å²) in [5.74, 6) is 0.476. The first kappa shape index (κ1) is 28.3. The number of aromatic nitrogens is 3. The van der Waals surface area contributed by atoms with E-state index in [9.17, 15) is 14.9 Å². The van der Waals surface area contributed by atoms with Crippen molar-refractivity contribution in [3.8, 4) is 0 Å². The molecule has 0 unspecified atom stereocenters. The number of hydrogen-bond acceptors (Lipinski definition) is 8. The molecule has 0 radical (unpaired) electrons. The van der Waals surface area contributed by atoms with Crippen molar-refractivity contribution in [1.29, 1.82) is 0 Å². The Morgan fingerprint density at radius 2 is 2.05 bits per heavy atom.